The molecule has 0 radical (unpaired) electrons. The molecule has 0 aliphatic carbocycles. The molecule has 0 unspecified atom stereocenters. The fourth-order valence-electron chi connectivity index (χ4n) is 2.35. The third-order valence-corrected chi connectivity index (χ3v) is 3.55. The van der Waals surface area contributed by atoms with Gasteiger partial charge in [0, 0.05) is 23.8 Å². The summed E-state index contributed by atoms with van der Waals surface area (Å²) in [6.45, 7) is 9.07. The molecular weight excluding hydrogens is 311 g/mol. The van der Waals surface area contributed by atoms with Crippen molar-refractivity contribution in [1.29, 1.82) is 0 Å². The summed E-state index contributed by atoms with van der Waals surface area (Å²) in [5, 5.41) is 4.20. The van der Waals surface area contributed by atoms with E-state index in [2.05, 4.69) is 10.1 Å². The molecule has 7 heteroatoms. The molecule has 1 amide bonds. The molecule has 2 aromatic rings. The number of hydrogen-bond donors (Lipinski definition) is 0. The van der Waals surface area contributed by atoms with Gasteiger partial charge in [0.25, 0.3) is 0 Å². The van der Waals surface area contributed by atoms with E-state index in [1.54, 1.807) is 28.0 Å². The van der Waals surface area contributed by atoms with E-state index >= 15 is 0 Å². The average molecular weight is 334 g/mol. The van der Waals surface area contributed by atoms with Crippen molar-refractivity contribution >= 4 is 6.09 Å². The Labute approximate surface area is 141 Å². The molecule has 0 aromatic carbocycles. The lowest BCUT2D eigenvalue weighted by Gasteiger charge is -2.33. The van der Waals surface area contributed by atoms with Gasteiger partial charge in [-0.05, 0) is 39.8 Å². The molecule has 0 aliphatic heterocycles. The summed E-state index contributed by atoms with van der Waals surface area (Å²) in [4.78, 5) is 17.8. The molecular formula is C17H23FN4O2. The SMILES string of the molecule is CCN(C(=O)OCCn1cc(-c2ccc(F)cn2)cn1)C(C)(C)C. The van der Waals surface area contributed by atoms with Crippen LogP contribution >= 0.6 is 0 Å². The number of ether oxygens (including phenoxy) is 1. The van der Waals surface area contributed by atoms with Gasteiger partial charge in [0.2, 0.25) is 0 Å². The molecule has 2 aromatic heterocycles. The summed E-state index contributed by atoms with van der Waals surface area (Å²) in [6, 6.07) is 2.95. The fourth-order valence-corrected chi connectivity index (χ4v) is 2.35. The summed E-state index contributed by atoms with van der Waals surface area (Å²) in [6.07, 6.45) is 4.27. The number of aromatic nitrogens is 3. The first-order valence-corrected chi connectivity index (χ1v) is 7.90. The monoisotopic (exact) mass is 334 g/mol. The van der Waals surface area contributed by atoms with Gasteiger partial charge in [-0.3, -0.25) is 9.67 Å². The Morgan fingerprint density at radius 2 is 2.08 bits per heavy atom. The fraction of sp³-hybridized carbons (Fsp3) is 0.471. The van der Waals surface area contributed by atoms with Crippen LogP contribution in [0, 0.1) is 5.82 Å². The van der Waals surface area contributed by atoms with E-state index < -0.39 is 0 Å². The molecule has 24 heavy (non-hydrogen) atoms. The topological polar surface area (TPSA) is 60.2 Å². The van der Waals surface area contributed by atoms with Crippen LogP contribution in [0.5, 0.6) is 0 Å². The summed E-state index contributed by atoms with van der Waals surface area (Å²) in [7, 11) is 0. The lowest BCUT2D eigenvalue weighted by Crippen LogP contribution is -2.45. The van der Waals surface area contributed by atoms with Gasteiger partial charge >= 0.3 is 6.09 Å². The van der Waals surface area contributed by atoms with Crippen molar-refractivity contribution in [3.63, 3.8) is 0 Å². The van der Waals surface area contributed by atoms with Gasteiger partial charge < -0.3 is 9.64 Å². The zero-order valence-electron chi connectivity index (χ0n) is 14.5. The first kappa shape index (κ1) is 17.9. The Morgan fingerprint density at radius 1 is 1.33 bits per heavy atom. The molecule has 0 N–H and O–H groups in total. The Kier molecular flexibility index (Phi) is 5.54. The van der Waals surface area contributed by atoms with Gasteiger partial charge in [-0.15, -0.1) is 0 Å². The maximum Gasteiger partial charge on any atom is 0.410 e. The van der Waals surface area contributed by atoms with Crippen molar-refractivity contribution in [2.45, 2.75) is 39.8 Å². The third-order valence-electron chi connectivity index (χ3n) is 3.55. The molecule has 0 aliphatic rings. The van der Waals surface area contributed by atoms with Gasteiger partial charge in [0.15, 0.2) is 0 Å². The highest BCUT2D eigenvalue weighted by atomic mass is 19.1. The predicted octanol–water partition coefficient (Wildman–Crippen LogP) is 3.34. The molecule has 0 saturated carbocycles. The largest absolute Gasteiger partial charge is 0.447 e. The van der Waals surface area contributed by atoms with Crippen molar-refractivity contribution < 1.29 is 13.9 Å². The van der Waals surface area contributed by atoms with Crippen molar-refractivity contribution in [2.75, 3.05) is 13.2 Å². The second-order valence-electron chi connectivity index (χ2n) is 6.38. The molecule has 0 saturated heterocycles. The van der Waals surface area contributed by atoms with Crippen LogP contribution < -0.4 is 0 Å². The normalized spacial score (nSPS) is 11.4. The second kappa shape index (κ2) is 7.42. The van der Waals surface area contributed by atoms with Crippen LogP contribution in [0.1, 0.15) is 27.7 Å². The standard InChI is InChI=1S/C17H23FN4O2/c1-5-22(17(2,3)4)16(23)24-9-8-21-12-13(10-20-21)15-7-6-14(18)11-19-15/h6-7,10-12H,5,8-9H2,1-4H3. The van der Waals surface area contributed by atoms with E-state index in [1.165, 1.54) is 12.3 Å². The number of nitrogens with zero attached hydrogens (tertiary/aromatic N) is 4. The van der Waals surface area contributed by atoms with E-state index in [0.29, 0.717) is 18.8 Å². The molecule has 130 valence electrons. The second-order valence-corrected chi connectivity index (χ2v) is 6.38. The number of amides is 1. The first-order valence-electron chi connectivity index (χ1n) is 7.90. The molecule has 6 nitrogen and oxygen atoms in total. The highest BCUT2D eigenvalue weighted by Gasteiger charge is 2.25. The number of carbonyl (C=O) groups excluding carboxylic acids is 1. The Balaban J connectivity index is 1.89. The van der Waals surface area contributed by atoms with Crippen LogP contribution in [-0.4, -0.2) is 44.4 Å². The smallest absolute Gasteiger partial charge is 0.410 e. The number of rotatable bonds is 5. The van der Waals surface area contributed by atoms with Crippen LogP contribution in [0.3, 0.4) is 0 Å². The number of pyridine rings is 1. The quantitative estimate of drug-likeness (QED) is 0.841. The van der Waals surface area contributed by atoms with Crippen LogP contribution in [0.25, 0.3) is 11.3 Å². The summed E-state index contributed by atoms with van der Waals surface area (Å²) in [5.41, 5.74) is 1.15. The van der Waals surface area contributed by atoms with E-state index in [9.17, 15) is 9.18 Å². The Morgan fingerprint density at radius 3 is 2.67 bits per heavy atom. The van der Waals surface area contributed by atoms with Crippen molar-refractivity contribution in [1.82, 2.24) is 19.7 Å². The highest BCUT2D eigenvalue weighted by molar-refractivity contribution is 5.68. The zero-order chi connectivity index (χ0) is 17.7. The molecule has 0 atom stereocenters. The first-order chi connectivity index (χ1) is 11.3. The van der Waals surface area contributed by atoms with Crippen molar-refractivity contribution in [3.05, 3.63) is 36.5 Å². The maximum absolute atomic E-state index is 12.9. The van der Waals surface area contributed by atoms with Gasteiger partial charge in [0.05, 0.1) is 24.6 Å². The van der Waals surface area contributed by atoms with Crippen LogP contribution in [-0.2, 0) is 11.3 Å². The summed E-state index contributed by atoms with van der Waals surface area (Å²) < 4.78 is 19.9. The Hall–Kier alpha value is -2.44. The Bertz CT molecular complexity index is 677. The van der Waals surface area contributed by atoms with Crippen molar-refractivity contribution in [2.24, 2.45) is 0 Å². The lowest BCUT2D eigenvalue weighted by molar-refractivity contribution is 0.0677. The minimum atomic E-state index is -0.377. The van der Waals surface area contributed by atoms with E-state index in [1.807, 2.05) is 27.7 Å². The maximum atomic E-state index is 12.9. The number of halogens is 1. The lowest BCUT2D eigenvalue weighted by atomic mass is 10.1. The van der Waals surface area contributed by atoms with Gasteiger partial charge in [-0.2, -0.15) is 5.10 Å². The molecule has 0 spiro atoms. The van der Waals surface area contributed by atoms with E-state index in [0.717, 1.165) is 5.56 Å². The van der Waals surface area contributed by atoms with Crippen LogP contribution in [0.4, 0.5) is 9.18 Å². The molecule has 2 heterocycles. The van der Waals surface area contributed by atoms with Gasteiger partial charge in [-0.1, -0.05) is 0 Å². The van der Waals surface area contributed by atoms with Gasteiger partial charge in [0.1, 0.15) is 12.4 Å². The summed E-state index contributed by atoms with van der Waals surface area (Å²) in [5.74, 6) is -0.377. The van der Waals surface area contributed by atoms with Crippen LogP contribution in [0.15, 0.2) is 30.7 Å². The van der Waals surface area contributed by atoms with Crippen LogP contribution in [0.2, 0.25) is 0 Å². The zero-order valence-corrected chi connectivity index (χ0v) is 14.5. The average Bonchev–Trinajstić information content (AvgIpc) is 2.96. The van der Waals surface area contributed by atoms with Gasteiger partial charge in [-0.25, -0.2) is 9.18 Å². The number of hydrogen-bond acceptors (Lipinski definition) is 4. The predicted molar refractivity (Wildman–Crippen MR) is 88.9 cm³/mol. The minimum absolute atomic E-state index is 0.226. The number of carbonyl (C=O) groups is 1. The minimum Gasteiger partial charge on any atom is -0.447 e. The highest BCUT2D eigenvalue weighted by Crippen LogP contribution is 2.16. The third kappa shape index (κ3) is 4.53. The molecule has 0 bridgehead atoms. The van der Waals surface area contributed by atoms with E-state index in [-0.39, 0.29) is 24.1 Å². The summed E-state index contributed by atoms with van der Waals surface area (Å²) >= 11 is 0. The van der Waals surface area contributed by atoms with E-state index in [4.69, 9.17) is 4.74 Å². The molecule has 0 fully saturated rings. The van der Waals surface area contributed by atoms with Crippen molar-refractivity contribution in [3.8, 4) is 11.3 Å². The molecule has 2 rings (SSSR count).